The summed E-state index contributed by atoms with van der Waals surface area (Å²) in [5.74, 6) is 2.32. The van der Waals surface area contributed by atoms with Crippen LogP contribution < -0.4 is 5.32 Å². The van der Waals surface area contributed by atoms with E-state index in [0.29, 0.717) is 5.92 Å². The summed E-state index contributed by atoms with van der Waals surface area (Å²) in [5, 5.41) is 7.83. The van der Waals surface area contributed by atoms with E-state index in [1.807, 2.05) is 30.2 Å². The topological polar surface area (TPSA) is 45.5 Å². The highest BCUT2D eigenvalue weighted by atomic mass is 127. The van der Waals surface area contributed by atoms with Crippen molar-refractivity contribution < 1.29 is 0 Å². The van der Waals surface area contributed by atoms with Gasteiger partial charge in [-0.3, -0.25) is 9.67 Å². The normalized spacial score (nSPS) is 16.7. The highest BCUT2D eigenvalue weighted by Crippen LogP contribution is 2.21. The van der Waals surface area contributed by atoms with E-state index >= 15 is 0 Å². The van der Waals surface area contributed by atoms with Gasteiger partial charge in [-0.05, 0) is 42.7 Å². The smallest absolute Gasteiger partial charge is 0.193 e. The lowest BCUT2D eigenvalue weighted by Gasteiger charge is -2.34. The Bertz CT molecular complexity index is 663. The highest BCUT2D eigenvalue weighted by molar-refractivity contribution is 14.0. The molecule has 0 amide bonds. The monoisotopic (exact) mass is 481 g/mol. The number of nitrogens with zero attached hydrogens (tertiary/aromatic N) is 4. The molecule has 0 bridgehead atoms. The molecule has 27 heavy (non-hydrogen) atoms. The van der Waals surface area contributed by atoms with Crippen LogP contribution in [0.2, 0.25) is 0 Å². The van der Waals surface area contributed by atoms with Crippen molar-refractivity contribution in [2.75, 3.05) is 26.7 Å². The largest absolute Gasteiger partial charge is 0.356 e. The van der Waals surface area contributed by atoms with Crippen LogP contribution in [0, 0.1) is 11.8 Å². The molecule has 1 atom stereocenters. The van der Waals surface area contributed by atoms with Crippen LogP contribution >= 0.6 is 24.0 Å². The standard InChI is InChI=1S/C21H31N5.HI/c1-18(17-26-12-6-11-24-26)16-23-21(22-2)25-13-9-20(10-14-25)15-19-7-4-3-5-8-19;/h3-8,11-12,18,20H,9-10,13-17H2,1-2H3,(H,22,23);1H. The number of rotatable bonds is 6. The molecule has 2 heterocycles. The van der Waals surface area contributed by atoms with Crippen molar-refractivity contribution in [1.82, 2.24) is 20.0 Å². The Morgan fingerprint density at radius 1 is 1.22 bits per heavy atom. The van der Waals surface area contributed by atoms with E-state index in [4.69, 9.17) is 0 Å². The zero-order valence-electron chi connectivity index (χ0n) is 16.4. The molecular weight excluding hydrogens is 449 g/mol. The molecule has 2 aromatic rings. The summed E-state index contributed by atoms with van der Waals surface area (Å²) in [6.45, 7) is 6.26. The lowest BCUT2D eigenvalue weighted by molar-refractivity contribution is 0.257. The van der Waals surface area contributed by atoms with Crippen LogP contribution in [0.1, 0.15) is 25.3 Å². The van der Waals surface area contributed by atoms with E-state index in [1.54, 1.807) is 0 Å². The molecule has 1 fully saturated rings. The Labute approximate surface area is 180 Å². The maximum atomic E-state index is 4.50. The van der Waals surface area contributed by atoms with E-state index in [0.717, 1.165) is 38.1 Å². The first-order valence-electron chi connectivity index (χ1n) is 9.71. The SMILES string of the molecule is CN=C(NCC(C)Cn1cccn1)N1CCC(Cc2ccccc2)CC1.I. The van der Waals surface area contributed by atoms with Crippen molar-refractivity contribution in [2.24, 2.45) is 16.8 Å². The van der Waals surface area contributed by atoms with Gasteiger partial charge in [-0.1, -0.05) is 37.3 Å². The third-order valence-electron chi connectivity index (χ3n) is 5.16. The lowest BCUT2D eigenvalue weighted by atomic mass is 9.90. The van der Waals surface area contributed by atoms with Crippen LogP contribution in [0.25, 0.3) is 0 Å². The van der Waals surface area contributed by atoms with E-state index in [-0.39, 0.29) is 24.0 Å². The van der Waals surface area contributed by atoms with Crippen LogP contribution in [0.15, 0.2) is 53.8 Å². The molecule has 3 rings (SSSR count). The van der Waals surface area contributed by atoms with Gasteiger partial charge in [0.2, 0.25) is 0 Å². The summed E-state index contributed by atoms with van der Waals surface area (Å²) in [6, 6.07) is 12.8. The maximum absolute atomic E-state index is 4.50. The molecule has 1 aliphatic rings. The Kier molecular flexibility index (Phi) is 9.10. The van der Waals surface area contributed by atoms with Crippen LogP contribution in [0.4, 0.5) is 0 Å². The van der Waals surface area contributed by atoms with Crippen molar-refractivity contribution in [3.05, 3.63) is 54.4 Å². The summed E-state index contributed by atoms with van der Waals surface area (Å²) in [7, 11) is 1.89. The van der Waals surface area contributed by atoms with Gasteiger partial charge in [-0.25, -0.2) is 0 Å². The number of likely N-dealkylation sites (tertiary alicyclic amines) is 1. The van der Waals surface area contributed by atoms with E-state index in [2.05, 4.69) is 57.6 Å². The Morgan fingerprint density at radius 3 is 2.59 bits per heavy atom. The molecular formula is C21H32IN5. The van der Waals surface area contributed by atoms with Gasteiger partial charge in [0.05, 0.1) is 0 Å². The number of hydrogen-bond donors (Lipinski definition) is 1. The van der Waals surface area contributed by atoms with Crippen molar-refractivity contribution in [1.29, 1.82) is 0 Å². The zero-order valence-corrected chi connectivity index (χ0v) is 18.8. The van der Waals surface area contributed by atoms with Gasteiger partial charge in [-0.2, -0.15) is 5.10 Å². The molecule has 1 aromatic carbocycles. The van der Waals surface area contributed by atoms with Gasteiger partial charge in [0.1, 0.15) is 0 Å². The van der Waals surface area contributed by atoms with Gasteiger partial charge in [0, 0.05) is 45.6 Å². The summed E-state index contributed by atoms with van der Waals surface area (Å²) in [6.07, 6.45) is 7.51. The van der Waals surface area contributed by atoms with Gasteiger partial charge in [-0.15, -0.1) is 24.0 Å². The van der Waals surface area contributed by atoms with Crippen LogP contribution in [0.3, 0.4) is 0 Å². The third-order valence-corrected chi connectivity index (χ3v) is 5.16. The Morgan fingerprint density at radius 2 is 1.96 bits per heavy atom. The first kappa shape index (κ1) is 21.7. The second-order valence-corrected chi connectivity index (χ2v) is 7.38. The van der Waals surface area contributed by atoms with E-state index in [1.165, 1.54) is 24.8 Å². The third kappa shape index (κ3) is 6.83. The predicted octanol–water partition coefficient (Wildman–Crippen LogP) is 3.67. The summed E-state index contributed by atoms with van der Waals surface area (Å²) >= 11 is 0. The van der Waals surface area contributed by atoms with Gasteiger partial charge in [0.25, 0.3) is 0 Å². The predicted molar refractivity (Wildman–Crippen MR) is 123 cm³/mol. The summed E-state index contributed by atoms with van der Waals surface area (Å²) in [4.78, 5) is 6.90. The first-order valence-corrected chi connectivity index (χ1v) is 9.71. The number of guanidine groups is 1. The van der Waals surface area contributed by atoms with Crippen molar-refractivity contribution in [3.8, 4) is 0 Å². The quantitative estimate of drug-likeness (QED) is 0.389. The molecule has 0 aliphatic carbocycles. The van der Waals surface area contributed by atoms with Crippen molar-refractivity contribution in [2.45, 2.75) is 32.7 Å². The molecule has 1 saturated heterocycles. The first-order chi connectivity index (χ1) is 12.7. The molecule has 0 spiro atoms. The highest BCUT2D eigenvalue weighted by Gasteiger charge is 2.21. The molecule has 1 unspecified atom stereocenters. The molecule has 6 heteroatoms. The Balaban J connectivity index is 0.00000261. The number of hydrogen-bond acceptors (Lipinski definition) is 2. The number of halogens is 1. The minimum Gasteiger partial charge on any atom is -0.356 e. The molecule has 5 nitrogen and oxygen atoms in total. The molecule has 0 radical (unpaired) electrons. The van der Waals surface area contributed by atoms with Crippen molar-refractivity contribution in [3.63, 3.8) is 0 Å². The van der Waals surface area contributed by atoms with Gasteiger partial charge >= 0.3 is 0 Å². The number of aliphatic imine (C=N–C) groups is 1. The molecule has 148 valence electrons. The van der Waals surface area contributed by atoms with Crippen LogP contribution in [-0.4, -0.2) is 47.3 Å². The fourth-order valence-corrected chi connectivity index (χ4v) is 3.69. The molecule has 1 aliphatic heterocycles. The number of aromatic nitrogens is 2. The summed E-state index contributed by atoms with van der Waals surface area (Å²) < 4.78 is 1.99. The second kappa shape index (κ2) is 11.3. The fraction of sp³-hybridized carbons (Fsp3) is 0.524. The lowest BCUT2D eigenvalue weighted by Crippen LogP contribution is -2.47. The van der Waals surface area contributed by atoms with Gasteiger partial charge < -0.3 is 10.2 Å². The number of benzene rings is 1. The zero-order chi connectivity index (χ0) is 18.2. The number of piperidine rings is 1. The average molecular weight is 481 g/mol. The minimum absolute atomic E-state index is 0. The van der Waals surface area contributed by atoms with Crippen molar-refractivity contribution >= 4 is 29.9 Å². The van der Waals surface area contributed by atoms with Crippen LogP contribution in [-0.2, 0) is 13.0 Å². The average Bonchev–Trinajstić information content (AvgIpc) is 3.17. The molecule has 1 N–H and O–H groups in total. The van der Waals surface area contributed by atoms with Crippen LogP contribution in [0.5, 0.6) is 0 Å². The Hall–Kier alpha value is -1.57. The fourth-order valence-electron chi connectivity index (χ4n) is 3.69. The molecule has 1 aromatic heterocycles. The second-order valence-electron chi connectivity index (χ2n) is 7.38. The van der Waals surface area contributed by atoms with E-state index in [9.17, 15) is 0 Å². The number of nitrogens with one attached hydrogen (secondary N) is 1. The van der Waals surface area contributed by atoms with Gasteiger partial charge in [0.15, 0.2) is 5.96 Å². The van der Waals surface area contributed by atoms with E-state index < -0.39 is 0 Å². The summed E-state index contributed by atoms with van der Waals surface area (Å²) in [5.41, 5.74) is 1.46. The minimum atomic E-state index is 0. The molecule has 0 saturated carbocycles. The maximum Gasteiger partial charge on any atom is 0.193 e.